The van der Waals surface area contributed by atoms with E-state index < -0.39 is 0 Å². The zero-order valence-corrected chi connectivity index (χ0v) is 19.7. The van der Waals surface area contributed by atoms with E-state index in [0.29, 0.717) is 35.9 Å². The van der Waals surface area contributed by atoms with Crippen LogP contribution in [0.5, 0.6) is 0 Å². The van der Waals surface area contributed by atoms with E-state index in [1.54, 1.807) is 37.4 Å². The summed E-state index contributed by atoms with van der Waals surface area (Å²) in [5.74, 6) is 0.742. The fourth-order valence-electron chi connectivity index (χ4n) is 2.48. The Morgan fingerprint density at radius 1 is 0.710 bits per heavy atom. The van der Waals surface area contributed by atoms with E-state index in [2.05, 4.69) is 61.7 Å². The SMILES string of the molecule is C=C(C)C(=O)OCCSc1ccc(Cc2ccc(SCCOC(=O)C(=C)C)cc2)cc1. The molecule has 164 valence electrons. The second-order valence-corrected chi connectivity index (χ2v) is 9.33. The first-order valence-electron chi connectivity index (χ1n) is 9.94. The average molecular weight is 457 g/mol. The number of carbonyl (C=O) groups is 2. The van der Waals surface area contributed by atoms with Gasteiger partial charge in [-0.15, -0.1) is 23.5 Å². The fraction of sp³-hybridized carbons (Fsp3) is 0.280. The van der Waals surface area contributed by atoms with Crippen molar-refractivity contribution in [2.24, 2.45) is 0 Å². The zero-order valence-electron chi connectivity index (χ0n) is 18.0. The zero-order chi connectivity index (χ0) is 22.6. The highest BCUT2D eigenvalue weighted by Crippen LogP contribution is 2.22. The topological polar surface area (TPSA) is 52.6 Å². The highest BCUT2D eigenvalue weighted by Gasteiger charge is 2.04. The summed E-state index contributed by atoms with van der Waals surface area (Å²) in [6, 6.07) is 16.9. The molecule has 0 saturated heterocycles. The smallest absolute Gasteiger partial charge is 0.333 e. The fourth-order valence-corrected chi connectivity index (χ4v) is 3.94. The van der Waals surface area contributed by atoms with Gasteiger partial charge in [0.25, 0.3) is 0 Å². The summed E-state index contributed by atoms with van der Waals surface area (Å²) in [5.41, 5.74) is 3.32. The molecule has 0 aliphatic heterocycles. The van der Waals surface area contributed by atoms with Crippen LogP contribution < -0.4 is 0 Å². The molecule has 0 aromatic heterocycles. The van der Waals surface area contributed by atoms with Crippen molar-refractivity contribution in [1.82, 2.24) is 0 Å². The average Bonchev–Trinajstić information content (AvgIpc) is 2.76. The van der Waals surface area contributed by atoms with Gasteiger partial charge in [-0.25, -0.2) is 9.59 Å². The maximum absolute atomic E-state index is 11.4. The van der Waals surface area contributed by atoms with Crippen LogP contribution in [0.3, 0.4) is 0 Å². The van der Waals surface area contributed by atoms with Crippen molar-refractivity contribution in [3.63, 3.8) is 0 Å². The molecule has 0 heterocycles. The van der Waals surface area contributed by atoms with E-state index in [-0.39, 0.29) is 11.9 Å². The summed E-state index contributed by atoms with van der Waals surface area (Å²) in [6.45, 7) is 11.2. The molecular weight excluding hydrogens is 428 g/mol. The predicted octanol–water partition coefficient (Wildman–Crippen LogP) is 5.70. The number of hydrogen-bond acceptors (Lipinski definition) is 6. The Morgan fingerprint density at radius 2 is 1.06 bits per heavy atom. The minimum Gasteiger partial charge on any atom is -0.461 e. The number of benzene rings is 2. The predicted molar refractivity (Wildman–Crippen MR) is 129 cm³/mol. The Bertz CT molecular complexity index is 827. The van der Waals surface area contributed by atoms with Gasteiger partial charge in [-0.1, -0.05) is 37.4 Å². The molecule has 0 unspecified atom stereocenters. The Kier molecular flexibility index (Phi) is 10.5. The summed E-state index contributed by atoms with van der Waals surface area (Å²) in [7, 11) is 0. The monoisotopic (exact) mass is 456 g/mol. The molecule has 0 spiro atoms. The van der Waals surface area contributed by atoms with Crippen LogP contribution in [0.25, 0.3) is 0 Å². The van der Waals surface area contributed by atoms with Crippen molar-refractivity contribution in [2.45, 2.75) is 30.1 Å². The van der Waals surface area contributed by atoms with E-state index >= 15 is 0 Å². The van der Waals surface area contributed by atoms with Crippen molar-refractivity contribution in [3.05, 3.63) is 84.0 Å². The molecule has 0 aliphatic rings. The van der Waals surface area contributed by atoms with Gasteiger partial charge in [0.1, 0.15) is 13.2 Å². The Morgan fingerprint density at radius 3 is 1.39 bits per heavy atom. The Labute approximate surface area is 193 Å². The summed E-state index contributed by atoms with van der Waals surface area (Å²) in [4.78, 5) is 25.0. The molecule has 0 atom stereocenters. The van der Waals surface area contributed by atoms with Gasteiger partial charge in [-0.2, -0.15) is 0 Å². The number of thioether (sulfide) groups is 2. The van der Waals surface area contributed by atoms with Crippen molar-refractivity contribution in [2.75, 3.05) is 24.7 Å². The van der Waals surface area contributed by atoms with Gasteiger partial charge >= 0.3 is 11.9 Å². The van der Waals surface area contributed by atoms with Crippen LogP contribution in [0, 0.1) is 0 Å². The first-order valence-corrected chi connectivity index (χ1v) is 11.9. The van der Waals surface area contributed by atoms with Crippen molar-refractivity contribution in [3.8, 4) is 0 Å². The van der Waals surface area contributed by atoms with Crippen LogP contribution in [-0.4, -0.2) is 36.7 Å². The second-order valence-electron chi connectivity index (χ2n) is 6.99. The molecule has 2 aromatic rings. The van der Waals surface area contributed by atoms with Crippen LogP contribution >= 0.6 is 23.5 Å². The van der Waals surface area contributed by atoms with Crippen molar-refractivity contribution < 1.29 is 19.1 Å². The summed E-state index contributed by atoms with van der Waals surface area (Å²) < 4.78 is 10.2. The molecule has 31 heavy (non-hydrogen) atoms. The van der Waals surface area contributed by atoms with Crippen LogP contribution in [-0.2, 0) is 25.5 Å². The van der Waals surface area contributed by atoms with Crippen LogP contribution in [0.1, 0.15) is 25.0 Å². The van der Waals surface area contributed by atoms with Gasteiger partial charge in [-0.05, 0) is 55.7 Å². The van der Waals surface area contributed by atoms with Crippen molar-refractivity contribution >= 4 is 35.5 Å². The number of esters is 2. The van der Waals surface area contributed by atoms with Gasteiger partial charge in [0.2, 0.25) is 0 Å². The number of hydrogen-bond donors (Lipinski definition) is 0. The molecule has 2 rings (SSSR count). The first-order chi connectivity index (χ1) is 14.8. The summed E-state index contributed by atoms with van der Waals surface area (Å²) >= 11 is 3.32. The maximum atomic E-state index is 11.4. The first kappa shape index (κ1) is 24.8. The lowest BCUT2D eigenvalue weighted by Crippen LogP contribution is -2.07. The molecule has 0 bridgehead atoms. The van der Waals surface area contributed by atoms with Gasteiger partial charge in [0.15, 0.2) is 0 Å². The molecule has 0 fully saturated rings. The van der Waals surface area contributed by atoms with E-state index in [1.165, 1.54) is 11.1 Å². The third-order valence-electron chi connectivity index (χ3n) is 4.12. The molecule has 0 amide bonds. The minimum atomic E-state index is -0.341. The third-order valence-corrected chi connectivity index (χ3v) is 6.07. The van der Waals surface area contributed by atoms with E-state index in [0.717, 1.165) is 16.2 Å². The highest BCUT2D eigenvalue weighted by atomic mass is 32.2. The number of carbonyl (C=O) groups excluding carboxylic acids is 2. The van der Waals surface area contributed by atoms with Crippen LogP contribution in [0.2, 0.25) is 0 Å². The molecule has 0 aliphatic carbocycles. The standard InChI is InChI=1S/C25H28O4S2/c1-18(2)24(26)28-13-15-30-22-9-5-20(6-10-22)17-21-7-11-23(12-8-21)31-16-14-29-25(27)19(3)4/h5-12H,1,3,13-17H2,2,4H3. The normalized spacial score (nSPS) is 10.4. The van der Waals surface area contributed by atoms with Crippen LogP contribution in [0.15, 0.2) is 82.6 Å². The quantitative estimate of drug-likeness (QED) is 0.177. The van der Waals surface area contributed by atoms with E-state index in [4.69, 9.17) is 9.47 Å². The molecule has 2 aromatic carbocycles. The van der Waals surface area contributed by atoms with Crippen molar-refractivity contribution in [1.29, 1.82) is 0 Å². The minimum absolute atomic E-state index is 0.341. The molecule has 4 nitrogen and oxygen atoms in total. The molecule has 6 heteroatoms. The summed E-state index contributed by atoms with van der Waals surface area (Å²) in [5, 5.41) is 0. The lowest BCUT2D eigenvalue weighted by atomic mass is 10.1. The number of rotatable bonds is 12. The van der Waals surface area contributed by atoms with Crippen LogP contribution in [0.4, 0.5) is 0 Å². The second kappa shape index (κ2) is 13.1. The van der Waals surface area contributed by atoms with Gasteiger partial charge in [0.05, 0.1) is 0 Å². The van der Waals surface area contributed by atoms with Gasteiger partial charge in [-0.3, -0.25) is 0 Å². The molecule has 0 N–H and O–H groups in total. The van der Waals surface area contributed by atoms with Gasteiger partial charge < -0.3 is 9.47 Å². The molecular formula is C25H28O4S2. The molecule has 0 saturated carbocycles. The Balaban J connectivity index is 1.72. The van der Waals surface area contributed by atoms with E-state index in [1.807, 2.05) is 0 Å². The largest absolute Gasteiger partial charge is 0.461 e. The lowest BCUT2D eigenvalue weighted by Gasteiger charge is -2.07. The maximum Gasteiger partial charge on any atom is 0.333 e. The third kappa shape index (κ3) is 9.49. The number of ether oxygens (including phenoxy) is 2. The Hall–Kier alpha value is -2.44. The van der Waals surface area contributed by atoms with E-state index in [9.17, 15) is 9.59 Å². The highest BCUT2D eigenvalue weighted by molar-refractivity contribution is 7.99. The molecule has 0 radical (unpaired) electrons. The van der Waals surface area contributed by atoms with Gasteiger partial charge in [0, 0.05) is 32.4 Å². The lowest BCUT2D eigenvalue weighted by molar-refractivity contribution is -0.139. The summed E-state index contributed by atoms with van der Waals surface area (Å²) in [6.07, 6.45) is 0.863.